The fourth-order valence-corrected chi connectivity index (χ4v) is 2.74. The molecule has 1 amide bonds. The van der Waals surface area contributed by atoms with Crippen molar-refractivity contribution in [3.8, 4) is 0 Å². The monoisotopic (exact) mass is 250 g/mol. The molecule has 18 heavy (non-hydrogen) atoms. The zero-order valence-electron chi connectivity index (χ0n) is 10.3. The predicted octanol–water partition coefficient (Wildman–Crippen LogP) is 0.0416. The van der Waals surface area contributed by atoms with Gasteiger partial charge in [-0.3, -0.25) is 4.79 Å². The van der Waals surface area contributed by atoms with Crippen LogP contribution in [0.5, 0.6) is 0 Å². The first-order valence-corrected chi connectivity index (χ1v) is 6.50. The summed E-state index contributed by atoms with van der Waals surface area (Å²) in [5.41, 5.74) is -0.477. The molecule has 1 aliphatic heterocycles. The summed E-state index contributed by atoms with van der Waals surface area (Å²) >= 11 is 0. The first-order chi connectivity index (χ1) is 8.67. The Balaban J connectivity index is 1.60. The fourth-order valence-electron chi connectivity index (χ4n) is 2.74. The highest BCUT2D eigenvalue weighted by Gasteiger charge is 2.48. The van der Waals surface area contributed by atoms with Crippen LogP contribution in [0.1, 0.15) is 25.7 Å². The van der Waals surface area contributed by atoms with Crippen molar-refractivity contribution in [3.63, 3.8) is 0 Å². The number of piperidine rings is 1. The van der Waals surface area contributed by atoms with Crippen LogP contribution < -0.4 is 0 Å². The minimum Gasteiger partial charge on any atom is -0.390 e. The van der Waals surface area contributed by atoms with Crippen molar-refractivity contribution in [1.29, 1.82) is 0 Å². The minimum atomic E-state index is -0.477. The van der Waals surface area contributed by atoms with E-state index in [1.54, 1.807) is 17.2 Å². The Kier molecular flexibility index (Phi) is 2.81. The summed E-state index contributed by atoms with van der Waals surface area (Å²) < 4.78 is 1.68. The standard InChI is InChI=1S/C12H18N4O2/c17-11(7-15-8-13-14-9-15)16-5-1-2-10(6-16)12(18)3-4-12/h8-10,18H,1-7H2. The zero-order chi connectivity index (χ0) is 12.6. The van der Waals surface area contributed by atoms with Crippen LogP contribution in [-0.4, -0.2) is 49.4 Å². The van der Waals surface area contributed by atoms with Gasteiger partial charge in [0.05, 0.1) is 5.60 Å². The van der Waals surface area contributed by atoms with E-state index >= 15 is 0 Å². The lowest BCUT2D eigenvalue weighted by Crippen LogP contribution is -2.45. The molecule has 1 aromatic rings. The highest BCUT2D eigenvalue weighted by Crippen LogP contribution is 2.45. The van der Waals surface area contributed by atoms with E-state index in [0.29, 0.717) is 6.54 Å². The van der Waals surface area contributed by atoms with Crippen LogP contribution in [0.15, 0.2) is 12.7 Å². The maximum atomic E-state index is 12.1. The van der Waals surface area contributed by atoms with Crippen LogP contribution >= 0.6 is 0 Å². The number of nitrogens with zero attached hydrogens (tertiary/aromatic N) is 4. The molecule has 98 valence electrons. The van der Waals surface area contributed by atoms with Gasteiger partial charge in [0.1, 0.15) is 19.2 Å². The second kappa shape index (κ2) is 4.35. The quantitative estimate of drug-likeness (QED) is 0.822. The van der Waals surface area contributed by atoms with Gasteiger partial charge in [-0.25, -0.2) is 0 Å². The summed E-state index contributed by atoms with van der Waals surface area (Å²) in [5, 5.41) is 17.5. The van der Waals surface area contributed by atoms with Gasteiger partial charge in [-0.2, -0.15) is 0 Å². The third kappa shape index (κ3) is 2.25. The number of hydrogen-bond acceptors (Lipinski definition) is 4. The molecule has 1 aromatic heterocycles. The molecule has 0 radical (unpaired) electrons. The molecule has 0 aromatic carbocycles. The van der Waals surface area contributed by atoms with Crippen LogP contribution in [0.2, 0.25) is 0 Å². The second-order valence-corrected chi connectivity index (χ2v) is 5.42. The molecule has 3 rings (SSSR count). The lowest BCUT2D eigenvalue weighted by Gasteiger charge is -2.35. The number of aromatic nitrogens is 3. The van der Waals surface area contributed by atoms with Gasteiger partial charge in [0, 0.05) is 19.0 Å². The highest BCUT2D eigenvalue weighted by molar-refractivity contribution is 5.76. The normalized spacial score (nSPS) is 26.1. The molecule has 1 atom stereocenters. The summed E-state index contributed by atoms with van der Waals surface area (Å²) in [7, 11) is 0. The molecule has 2 heterocycles. The van der Waals surface area contributed by atoms with E-state index in [9.17, 15) is 9.90 Å². The first kappa shape index (κ1) is 11.6. The SMILES string of the molecule is O=C(Cn1cnnc1)N1CCCC(C2(O)CC2)C1. The number of carbonyl (C=O) groups is 1. The summed E-state index contributed by atoms with van der Waals surface area (Å²) in [6.45, 7) is 1.78. The number of carbonyl (C=O) groups excluding carboxylic acids is 1. The lowest BCUT2D eigenvalue weighted by atomic mass is 9.90. The van der Waals surface area contributed by atoms with Gasteiger partial charge in [-0.05, 0) is 25.7 Å². The molecular formula is C12H18N4O2. The Labute approximate surface area is 106 Å². The van der Waals surface area contributed by atoms with Gasteiger partial charge >= 0.3 is 0 Å². The maximum Gasteiger partial charge on any atom is 0.242 e. The minimum absolute atomic E-state index is 0.0868. The third-order valence-electron chi connectivity index (χ3n) is 4.08. The Morgan fingerprint density at radius 3 is 2.78 bits per heavy atom. The molecular weight excluding hydrogens is 232 g/mol. The fraction of sp³-hybridized carbons (Fsp3) is 0.750. The topological polar surface area (TPSA) is 71.2 Å². The molecule has 0 bridgehead atoms. The molecule has 0 spiro atoms. The van der Waals surface area contributed by atoms with Gasteiger partial charge in [0.15, 0.2) is 0 Å². The van der Waals surface area contributed by atoms with Crippen LogP contribution in [-0.2, 0) is 11.3 Å². The average Bonchev–Trinajstić information content (AvgIpc) is 2.93. The smallest absolute Gasteiger partial charge is 0.242 e. The van der Waals surface area contributed by atoms with Gasteiger partial charge < -0.3 is 14.6 Å². The van der Waals surface area contributed by atoms with Crippen LogP contribution in [0.3, 0.4) is 0 Å². The second-order valence-electron chi connectivity index (χ2n) is 5.42. The van der Waals surface area contributed by atoms with E-state index < -0.39 is 5.60 Å². The molecule has 2 fully saturated rings. The van der Waals surface area contributed by atoms with Crippen molar-refractivity contribution in [2.45, 2.75) is 37.8 Å². The van der Waals surface area contributed by atoms with E-state index in [1.807, 2.05) is 4.90 Å². The van der Waals surface area contributed by atoms with Gasteiger partial charge in [-0.1, -0.05) is 0 Å². The van der Waals surface area contributed by atoms with Gasteiger partial charge in [-0.15, -0.1) is 10.2 Å². The molecule has 1 saturated carbocycles. The lowest BCUT2D eigenvalue weighted by molar-refractivity contribution is -0.134. The van der Waals surface area contributed by atoms with E-state index in [-0.39, 0.29) is 18.4 Å². The number of amides is 1. The van der Waals surface area contributed by atoms with Crippen molar-refractivity contribution in [3.05, 3.63) is 12.7 Å². The van der Waals surface area contributed by atoms with Crippen molar-refractivity contribution in [1.82, 2.24) is 19.7 Å². The van der Waals surface area contributed by atoms with E-state index in [2.05, 4.69) is 10.2 Å². The van der Waals surface area contributed by atoms with E-state index in [4.69, 9.17) is 0 Å². The number of rotatable bonds is 3. The maximum absolute atomic E-state index is 12.1. The Hall–Kier alpha value is -1.43. The van der Waals surface area contributed by atoms with Crippen LogP contribution in [0, 0.1) is 5.92 Å². The Morgan fingerprint density at radius 1 is 1.39 bits per heavy atom. The Bertz CT molecular complexity index is 427. The summed E-state index contributed by atoms with van der Waals surface area (Å²) in [5.74, 6) is 0.347. The van der Waals surface area contributed by atoms with Crippen molar-refractivity contribution in [2.24, 2.45) is 5.92 Å². The number of likely N-dealkylation sites (tertiary alicyclic amines) is 1. The largest absolute Gasteiger partial charge is 0.390 e. The van der Waals surface area contributed by atoms with E-state index in [0.717, 1.165) is 32.2 Å². The average molecular weight is 250 g/mol. The molecule has 1 unspecified atom stereocenters. The molecule has 1 saturated heterocycles. The van der Waals surface area contributed by atoms with E-state index in [1.165, 1.54) is 0 Å². The first-order valence-electron chi connectivity index (χ1n) is 6.50. The van der Waals surface area contributed by atoms with Crippen molar-refractivity contribution < 1.29 is 9.90 Å². The zero-order valence-corrected chi connectivity index (χ0v) is 10.3. The van der Waals surface area contributed by atoms with Crippen LogP contribution in [0.4, 0.5) is 0 Å². The van der Waals surface area contributed by atoms with Crippen LogP contribution in [0.25, 0.3) is 0 Å². The molecule has 1 N–H and O–H groups in total. The molecule has 2 aliphatic rings. The molecule has 6 heteroatoms. The molecule has 1 aliphatic carbocycles. The highest BCUT2D eigenvalue weighted by atomic mass is 16.3. The summed E-state index contributed by atoms with van der Waals surface area (Å²) in [6.07, 6.45) is 6.91. The summed E-state index contributed by atoms with van der Waals surface area (Å²) in [6, 6.07) is 0. The predicted molar refractivity (Wildman–Crippen MR) is 63.5 cm³/mol. The summed E-state index contributed by atoms with van der Waals surface area (Å²) in [4.78, 5) is 14.0. The number of aliphatic hydroxyl groups is 1. The van der Waals surface area contributed by atoms with Crippen molar-refractivity contribution >= 4 is 5.91 Å². The van der Waals surface area contributed by atoms with Gasteiger partial charge in [0.2, 0.25) is 5.91 Å². The third-order valence-corrected chi connectivity index (χ3v) is 4.08. The molecule has 6 nitrogen and oxygen atoms in total. The van der Waals surface area contributed by atoms with Gasteiger partial charge in [0.25, 0.3) is 0 Å². The number of hydrogen-bond donors (Lipinski definition) is 1. The Morgan fingerprint density at radius 2 is 2.11 bits per heavy atom. The van der Waals surface area contributed by atoms with Crippen molar-refractivity contribution in [2.75, 3.05) is 13.1 Å².